The summed E-state index contributed by atoms with van der Waals surface area (Å²) in [5, 5.41) is 14.6. The van der Waals surface area contributed by atoms with E-state index in [1.165, 1.54) is 18.5 Å². The molecule has 0 aliphatic heterocycles. The highest BCUT2D eigenvalue weighted by Gasteiger charge is 2.36. The molecule has 3 aromatic carbocycles. The number of amides is 1. The molecule has 182 valence electrons. The summed E-state index contributed by atoms with van der Waals surface area (Å²) >= 11 is 0. The third-order valence-electron chi connectivity index (χ3n) is 5.88. The fraction of sp³-hybridized carbons (Fsp3) is 0.154. The Kier molecular flexibility index (Phi) is 6.07. The van der Waals surface area contributed by atoms with Crippen LogP contribution in [0.4, 0.5) is 4.39 Å². The van der Waals surface area contributed by atoms with Crippen LogP contribution in [-0.2, 0) is 5.72 Å². The highest BCUT2D eigenvalue weighted by Crippen LogP contribution is 2.33. The van der Waals surface area contributed by atoms with Crippen LogP contribution in [0.3, 0.4) is 0 Å². The summed E-state index contributed by atoms with van der Waals surface area (Å²) in [7, 11) is 1.58. The topological polar surface area (TPSA) is 107 Å². The van der Waals surface area contributed by atoms with E-state index in [1.807, 2.05) is 43.3 Å². The Morgan fingerprint density at radius 1 is 1.11 bits per heavy atom. The monoisotopic (exact) mass is 486 g/mol. The second-order valence-corrected chi connectivity index (χ2v) is 8.06. The van der Waals surface area contributed by atoms with Crippen LogP contribution in [0.2, 0.25) is 0 Å². The van der Waals surface area contributed by atoms with E-state index < -0.39 is 11.6 Å². The molecular weight excluding hydrogens is 463 g/mol. The second-order valence-electron chi connectivity index (χ2n) is 8.06. The quantitative estimate of drug-likeness (QED) is 0.316. The number of fused-ring (bicyclic) bond motifs is 1. The Morgan fingerprint density at radius 3 is 2.67 bits per heavy atom. The lowest BCUT2D eigenvalue weighted by Gasteiger charge is -2.35. The van der Waals surface area contributed by atoms with E-state index in [9.17, 15) is 9.18 Å². The number of aromatic amines is 1. The van der Waals surface area contributed by atoms with Gasteiger partial charge in [0.25, 0.3) is 5.91 Å². The van der Waals surface area contributed by atoms with Crippen molar-refractivity contribution in [2.75, 3.05) is 7.11 Å². The summed E-state index contributed by atoms with van der Waals surface area (Å²) in [4.78, 5) is 17.0. The Morgan fingerprint density at radius 2 is 1.94 bits per heavy atom. The van der Waals surface area contributed by atoms with Crippen LogP contribution in [0, 0.1) is 5.82 Å². The van der Waals surface area contributed by atoms with Crippen LogP contribution in [0.15, 0.2) is 79.3 Å². The average molecular weight is 487 g/mol. The van der Waals surface area contributed by atoms with Crippen LogP contribution in [0.25, 0.3) is 16.6 Å². The molecule has 2 heterocycles. The first-order valence-electron chi connectivity index (χ1n) is 11.3. The smallest absolute Gasteiger partial charge is 0.291 e. The van der Waals surface area contributed by atoms with E-state index in [1.54, 1.807) is 36.2 Å². The zero-order valence-electron chi connectivity index (χ0n) is 19.6. The minimum absolute atomic E-state index is 0.0651. The van der Waals surface area contributed by atoms with E-state index in [2.05, 4.69) is 25.6 Å². The molecule has 0 bridgehead atoms. The normalized spacial score (nSPS) is 12.8. The third-order valence-corrected chi connectivity index (χ3v) is 5.88. The molecule has 0 radical (unpaired) electrons. The summed E-state index contributed by atoms with van der Waals surface area (Å²) in [6.45, 7) is 1.91. The minimum atomic E-state index is -1.24. The zero-order chi connectivity index (χ0) is 25.1. The van der Waals surface area contributed by atoms with Gasteiger partial charge in [0.1, 0.15) is 23.6 Å². The molecule has 0 saturated heterocycles. The standard InChI is InChI=1S/C26H23FN6O3/c1-3-26(18-5-4-6-21(14-18)35-2,31-25(34)24-28-16-29-32-24)36-22-11-12-23-17(13-22)15-30-33(23)20-9-7-19(27)8-10-20/h4-16H,3H2,1-2H3,(H,31,34)(H,28,29,32)/t26-/m1/s1. The number of rotatable bonds is 8. The molecule has 0 unspecified atom stereocenters. The van der Waals surface area contributed by atoms with E-state index in [0.29, 0.717) is 23.5 Å². The van der Waals surface area contributed by atoms with Crippen molar-refractivity contribution in [1.82, 2.24) is 30.3 Å². The van der Waals surface area contributed by atoms with Gasteiger partial charge in [0, 0.05) is 17.4 Å². The first-order valence-corrected chi connectivity index (χ1v) is 11.3. The predicted molar refractivity (Wildman–Crippen MR) is 130 cm³/mol. The summed E-state index contributed by atoms with van der Waals surface area (Å²) in [6, 6.07) is 18.9. The molecule has 10 heteroatoms. The maximum absolute atomic E-state index is 13.4. The van der Waals surface area contributed by atoms with Crippen LogP contribution in [0.5, 0.6) is 11.5 Å². The molecule has 2 N–H and O–H groups in total. The van der Waals surface area contributed by atoms with Crippen molar-refractivity contribution in [3.05, 3.63) is 96.5 Å². The fourth-order valence-electron chi connectivity index (χ4n) is 4.02. The minimum Gasteiger partial charge on any atom is -0.497 e. The van der Waals surface area contributed by atoms with Crippen molar-refractivity contribution in [1.29, 1.82) is 0 Å². The van der Waals surface area contributed by atoms with E-state index >= 15 is 0 Å². The van der Waals surface area contributed by atoms with Gasteiger partial charge in [-0.1, -0.05) is 19.1 Å². The molecule has 0 fully saturated rings. The van der Waals surface area contributed by atoms with Gasteiger partial charge in [-0.15, -0.1) is 0 Å². The number of hydrogen-bond acceptors (Lipinski definition) is 6. The predicted octanol–water partition coefficient (Wildman–Crippen LogP) is 4.36. The fourth-order valence-corrected chi connectivity index (χ4v) is 4.02. The SMILES string of the molecule is CC[C@@](NC(=O)c1ncn[nH]1)(Oc1ccc2c(cnn2-c2ccc(F)cc2)c1)c1cccc(OC)c1. The van der Waals surface area contributed by atoms with Gasteiger partial charge in [0.2, 0.25) is 11.5 Å². The number of carbonyl (C=O) groups excluding carboxylic acids is 1. The van der Waals surface area contributed by atoms with Crippen LogP contribution in [0.1, 0.15) is 29.5 Å². The summed E-state index contributed by atoms with van der Waals surface area (Å²) < 4.78 is 27.0. The molecule has 0 aliphatic carbocycles. The van der Waals surface area contributed by atoms with Gasteiger partial charge in [0.05, 0.1) is 24.5 Å². The number of nitrogens with zero attached hydrogens (tertiary/aromatic N) is 4. The molecule has 1 amide bonds. The van der Waals surface area contributed by atoms with Crippen molar-refractivity contribution in [2.45, 2.75) is 19.1 Å². The van der Waals surface area contributed by atoms with Crippen molar-refractivity contribution in [3.63, 3.8) is 0 Å². The number of benzene rings is 3. The van der Waals surface area contributed by atoms with Gasteiger partial charge in [-0.2, -0.15) is 10.2 Å². The van der Waals surface area contributed by atoms with E-state index in [-0.39, 0.29) is 11.6 Å². The molecule has 5 aromatic rings. The van der Waals surface area contributed by atoms with Crippen molar-refractivity contribution < 1.29 is 18.7 Å². The molecule has 36 heavy (non-hydrogen) atoms. The van der Waals surface area contributed by atoms with Crippen molar-refractivity contribution in [3.8, 4) is 17.2 Å². The van der Waals surface area contributed by atoms with Gasteiger partial charge in [0.15, 0.2) is 0 Å². The number of methoxy groups -OCH3 is 1. The Hall–Kier alpha value is -4.73. The molecule has 5 rings (SSSR count). The molecule has 0 spiro atoms. The highest BCUT2D eigenvalue weighted by atomic mass is 19.1. The third kappa shape index (κ3) is 4.36. The summed E-state index contributed by atoms with van der Waals surface area (Å²) in [6.07, 6.45) is 3.37. The van der Waals surface area contributed by atoms with Gasteiger partial charge >= 0.3 is 0 Å². The Balaban J connectivity index is 1.53. The molecule has 0 saturated carbocycles. The Bertz CT molecular complexity index is 1500. The summed E-state index contributed by atoms with van der Waals surface area (Å²) in [5.74, 6) is 0.423. The maximum atomic E-state index is 13.4. The van der Waals surface area contributed by atoms with E-state index in [0.717, 1.165) is 16.6 Å². The lowest BCUT2D eigenvalue weighted by molar-refractivity contribution is 0.0224. The largest absolute Gasteiger partial charge is 0.497 e. The van der Waals surface area contributed by atoms with Crippen LogP contribution < -0.4 is 14.8 Å². The van der Waals surface area contributed by atoms with Gasteiger partial charge in [-0.05, 0) is 54.6 Å². The van der Waals surface area contributed by atoms with Crippen molar-refractivity contribution in [2.24, 2.45) is 0 Å². The first kappa shape index (κ1) is 23.0. The van der Waals surface area contributed by atoms with Crippen LogP contribution >= 0.6 is 0 Å². The number of H-pyrrole nitrogens is 1. The molecule has 9 nitrogen and oxygen atoms in total. The van der Waals surface area contributed by atoms with Crippen molar-refractivity contribution >= 4 is 16.8 Å². The summed E-state index contributed by atoms with van der Waals surface area (Å²) in [5.41, 5.74) is 1.01. The second kappa shape index (κ2) is 9.49. The van der Waals surface area contributed by atoms with Crippen LogP contribution in [-0.4, -0.2) is 38.0 Å². The zero-order valence-corrected chi connectivity index (χ0v) is 19.6. The number of nitrogens with one attached hydrogen (secondary N) is 2. The lowest BCUT2D eigenvalue weighted by atomic mass is 9.98. The number of aromatic nitrogens is 5. The number of hydrogen-bond donors (Lipinski definition) is 2. The Labute approximate surface area is 205 Å². The average Bonchev–Trinajstić information content (AvgIpc) is 3.59. The van der Waals surface area contributed by atoms with E-state index in [4.69, 9.17) is 9.47 Å². The highest BCUT2D eigenvalue weighted by molar-refractivity contribution is 5.90. The molecule has 2 aromatic heterocycles. The molecule has 1 atom stereocenters. The molecule has 0 aliphatic rings. The van der Waals surface area contributed by atoms with Gasteiger partial charge in [-0.3, -0.25) is 9.89 Å². The van der Waals surface area contributed by atoms with Gasteiger partial charge < -0.3 is 14.8 Å². The molecular formula is C26H23FN6O3. The number of halogens is 1. The van der Waals surface area contributed by atoms with Gasteiger partial charge in [-0.25, -0.2) is 14.1 Å². The number of ether oxygens (including phenoxy) is 2. The lowest BCUT2D eigenvalue weighted by Crippen LogP contribution is -2.50. The maximum Gasteiger partial charge on any atom is 0.291 e. The first-order chi connectivity index (χ1) is 17.5. The number of carbonyl (C=O) groups is 1.